The number of hydrogen-bond donors (Lipinski definition) is 2. The lowest BCUT2D eigenvalue weighted by atomic mass is 10.3. The molecule has 13 heavy (non-hydrogen) atoms. The molecule has 0 saturated carbocycles. The fourth-order valence-corrected chi connectivity index (χ4v) is 1.81. The smallest absolute Gasteiger partial charge is 0.0684 e. The van der Waals surface area contributed by atoms with Gasteiger partial charge in [0, 0.05) is 10.1 Å². The minimum absolute atomic E-state index is 0.365. The van der Waals surface area contributed by atoms with Crippen LogP contribution in [0.15, 0.2) is 18.2 Å². The standard InChI is InChI=1S/C9H11ClINO/c1-6(13)5-12-9-3-2-7(11)4-8(9)10/h2-4,6,12-13H,5H2,1H3/t6-/m0/s1. The first-order chi connectivity index (χ1) is 6.09. The Balaban J connectivity index is 2.67. The molecule has 0 heterocycles. The molecular formula is C9H11ClINO. The summed E-state index contributed by atoms with van der Waals surface area (Å²) in [6.45, 7) is 2.24. The van der Waals surface area contributed by atoms with Crippen LogP contribution in [-0.4, -0.2) is 17.8 Å². The van der Waals surface area contributed by atoms with Crippen molar-refractivity contribution in [3.05, 3.63) is 26.8 Å². The zero-order valence-electron chi connectivity index (χ0n) is 7.22. The molecule has 0 aliphatic carbocycles. The fourth-order valence-electron chi connectivity index (χ4n) is 0.891. The molecule has 1 rings (SSSR count). The van der Waals surface area contributed by atoms with E-state index in [1.165, 1.54) is 0 Å². The molecule has 0 aliphatic rings. The van der Waals surface area contributed by atoms with Crippen molar-refractivity contribution < 1.29 is 5.11 Å². The zero-order chi connectivity index (χ0) is 9.84. The van der Waals surface area contributed by atoms with E-state index in [1.54, 1.807) is 6.92 Å². The fraction of sp³-hybridized carbons (Fsp3) is 0.333. The van der Waals surface area contributed by atoms with E-state index < -0.39 is 0 Å². The van der Waals surface area contributed by atoms with Gasteiger partial charge in [-0.1, -0.05) is 11.6 Å². The van der Waals surface area contributed by atoms with Crippen LogP contribution in [-0.2, 0) is 0 Å². The van der Waals surface area contributed by atoms with Gasteiger partial charge in [0.1, 0.15) is 0 Å². The third-order valence-electron chi connectivity index (χ3n) is 1.52. The van der Waals surface area contributed by atoms with E-state index in [1.807, 2.05) is 18.2 Å². The molecule has 0 spiro atoms. The van der Waals surface area contributed by atoms with Crippen LogP contribution in [0.3, 0.4) is 0 Å². The summed E-state index contributed by atoms with van der Waals surface area (Å²) in [5.74, 6) is 0. The van der Waals surface area contributed by atoms with E-state index in [0.29, 0.717) is 11.6 Å². The maximum absolute atomic E-state index is 9.05. The van der Waals surface area contributed by atoms with Crippen LogP contribution in [0.1, 0.15) is 6.92 Å². The normalized spacial score (nSPS) is 12.6. The van der Waals surface area contributed by atoms with Crippen LogP contribution in [0.5, 0.6) is 0 Å². The summed E-state index contributed by atoms with van der Waals surface area (Å²) < 4.78 is 1.10. The van der Waals surface area contributed by atoms with Crippen molar-refractivity contribution in [1.29, 1.82) is 0 Å². The topological polar surface area (TPSA) is 32.3 Å². The summed E-state index contributed by atoms with van der Waals surface area (Å²) in [5, 5.41) is 12.8. The molecule has 4 heteroatoms. The molecular weight excluding hydrogens is 300 g/mol. The van der Waals surface area contributed by atoms with Crippen LogP contribution in [0.4, 0.5) is 5.69 Å². The Kier molecular flexibility index (Phi) is 4.28. The number of benzene rings is 1. The second-order valence-corrected chi connectivity index (χ2v) is 4.51. The van der Waals surface area contributed by atoms with E-state index in [2.05, 4.69) is 27.9 Å². The van der Waals surface area contributed by atoms with Crippen molar-refractivity contribution in [2.24, 2.45) is 0 Å². The molecule has 0 aliphatic heterocycles. The number of halogens is 2. The van der Waals surface area contributed by atoms with Gasteiger partial charge in [-0.3, -0.25) is 0 Å². The van der Waals surface area contributed by atoms with E-state index in [9.17, 15) is 0 Å². The predicted octanol–water partition coefficient (Wildman–Crippen LogP) is 2.74. The molecule has 1 aromatic carbocycles. The van der Waals surface area contributed by atoms with Gasteiger partial charge in [-0.15, -0.1) is 0 Å². The summed E-state index contributed by atoms with van der Waals surface area (Å²) in [7, 11) is 0. The minimum Gasteiger partial charge on any atom is -0.392 e. The van der Waals surface area contributed by atoms with Crippen LogP contribution >= 0.6 is 34.2 Å². The molecule has 0 amide bonds. The first-order valence-corrected chi connectivity index (χ1v) is 5.42. The van der Waals surface area contributed by atoms with Crippen molar-refractivity contribution in [2.75, 3.05) is 11.9 Å². The molecule has 2 nitrogen and oxygen atoms in total. The van der Waals surface area contributed by atoms with Crippen molar-refractivity contribution in [1.82, 2.24) is 0 Å². The summed E-state index contributed by atoms with van der Waals surface area (Å²) in [6.07, 6.45) is -0.365. The summed E-state index contributed by atoms with van der Waals surface area (Å²) in [5.41, 5.74) is 0.864. The third-order valence-corrected chi connectivity index (χ3v) is 2.50. The van der Waals surface area contributed by atoms with Gasteiger partial charge in [-0.05, 0) is 47.7 Å². The highest BCUT2D eigenvalue weighted by Crippen LogP contribution is 2.23. The van der Waals surface area contributed by atoms with Crippen LogP contribution in [0, 0.1) is 3.57 Å². The highest BCUT2D eigenvalue weighted by Gasteiger charge is 2.01. The molecule has 0 aromatic heterocycles. The van der Waals surface area contributed by atoms with Crippen molar-refractivity contribution in [3.8, 4) is 0 Å². The SMILES string of the molecule is C[C@H](O)CNc1ccc(I)cc1Cl. The molecule has 0 saturated heterocycles. The first kappa shape index (κ1) is 11.1. The maximum atomic E-state index is 9.05. The van der Waals surface area contributed by atoms with Gasteiger partial charge in [-0.25, -0.2) is 0 Å². The van der Waals surface area contributed by atoms with E-state index in [0.717, 1.165) is 9.26 Å². The lowest BCUT2D eigenvalue weighted by molar-refractivity contribution is 0.208. The van der Waals surface area contributed by atoms with Gasteiger partial charge >= 0.3 is 0 Å². The summed E-state index contributed by atoms with van der Waals surface area (Å²) >= 11 is 8.17. The predicted molar refractivity (Wildman–Crippen MR) is 64.3 cm³/mol. The third kappa shape index (κ3) is 3.70. The Morgan fingerprint density at radius 3 is 2.85 bits per heavy atom. The molecule has 1 atom stereocenters. The Hall–Kier alpha value is -0.0000000000000000555. The second kappa shape index (κ2) is 5.02. The van der Waals surface area contributed by atoms with Crippen LogP contribution in [0.25, 0.3) is 0 Å². The van der Waals surface area contributed by atoms with Crippen molar-refractivity contribution in [3.63, 3.8) is 0 Å². The molecule has 0 bridgehead atoms. The lowest BCUT2D eigenvalue weighted by Crippen LogP contribution is -2.15. The van der Waals surface area contributed by atoms with Crippen LogP contribution in [0.2, 0.25) is 5.02 Å². The minimum atomic E-state index is -0.365. The molecule has 1 aromatic rings. The van der Waals surface area contributed by atoms with Gasteiger partial charge in [0.05, 0.1) is 16.8 Å². The quantitative estimate of drug-likeness (QED) is 0.841. The van der Waals surface area contributed by atoms with Gasteiger partial charge < -0.3 is 10.4 Å². The van der Waals surface area contributed by atoms with Gasteiger partial charge in [-0.2, -0.15) is 0 Å². The van der Waals surface area contributed by atoms with E-state index >= 15 is 0 Å². The Labute approximate surface area is 96.4 Å². The number of rotatable bonds is 3. The molecule has 0 radical (unpaired) electrons. The van der Waals surface area contributed by atoms with Gasteiger partial charge in [0.25, 0.3) is 0 Å². The molecule has 0 fully saturated rings. The number of anilines is 1. The Bertz CT molecular complexity index is 291. The highest BCUT2D eigenvalue weighted by atomic mass is 127. The monoisotopic (exact) mass is 311 g/mol. The lowest BCUT2D eigenvalue weighted by Gasteiger charge is -2.09. The molecule has 2 N–H and O–H groups in total. The Morgan fingerprint density at radius 2 is 2.31 bits per heavy atom. The van der Waals surface area contributed by atoms with E-state index in [4.69, 9.17) is 16.7 Å². The number of hydrogen-bond acceptors (Lipinski definition) is 2. The average Bonchev–Trinajstić information content (AvgIpc) is 2.02. The van der Waals surface area contributed by atoms with Crippen LogP contribution < -0.4 is 5.32 Å². The zero-order valence-corrected chi connectivity index (χ0v) is 10.1. The summed E-state index contributed by atoms with van der Waals surface area (Å²) in [6, 6.07) is 5.76. The summed E-state index contributed by atoms with van der Waals surface area (Å²) in [4.78, 5) is 0. The first-order valence-electron chi connectivity index (χ1n) is 3.96. The van der Waals surface area contributed by atoms with Crippen molar-refractivity contribution in [2.45, 2.75) is 13.0 Å². The number of aliphatic hydroxyl groups is 1. The molecule has 0 unspecified atom stereocenters. The highest BCUT2D eigenvalue weighted by molar-refractivity contribution is 14.1. The Morgan fingerprint density at radius 1 is 1.62 bits per heavy atom. The number of aliphatic hydroxyl groups excluding tert-OH is 1. The average molecular weight is 312 g/mol. The second-order valence-electron chi connectivity index (χ2n) is 2.85. The van der Waals surface area contributed by atoms with Crippen molar-refractivity contribution >= 4 is 39.9 Å². The largest absolute Gasteiger partial charge is 0.392 e. The van der Waals surface area contributed by atoms with Gasteiger partial charge in [0.2, 0.25) is 0 Å². The van der Waals surface area contributed by atoms with E-state index in [-0.39, 0.29) is 6.10 Å². The molecule has 72 valence electrons. The maximum Gasteiger partial charge on any atom is 0.0684 e. The van der Waals surface area contributed by atoms with Gasteiger partial charge in [0.15, 0.2) is 0 Å². The number of nitrogens with one attached hydrogen (secondary N) is 1.